The van der Waals surface area contributed by atoms with Gasteiger partial charge in [0.05, 0.1) is 53.2 Å². The van der Waals surface area contributed by atoms with Gasteiger partial charge in [-0.1, -0.05) is 261 Å². The van der Waals surface area contributed by atoms with E-state index in [-0.39, 0.29) is 34.1 Å². The van der Waals surface area contributed by atoms with Crippen molar-refractivity contribution < 1.29 is 68.6 Å². The Balaban J connectivity index is 0.000000174. The monoisotopic (exact) mass is 1720 g/mol. The van der Waals surface area contributed by atoms with Crippen LogP contribution in [-0.2, 0) is 72.9 Å². The molecular weight excluding hydrogens is 1640 g/mol. The summed E-state index contributed by atoms with van der Waals surface area (Å²) in [5, 5.41) is 7.15. The van der Waals surface area contributed by atoms with Crippen molar-refractivity contribution in [3.63, 3.8) is 0 Å². The maximum Gasteiger partial charge on any atom is 2.00 e. The summed E-state index contributed by atoms with van der Waals surface area (Å²) < 4.78 is 66.9. The van der Waals surface area contributed by atoms with Crippen molar-refractivity contribution >= 4 is 130 Å². The molecule has 8 aromatic carbocycles. The first kappa shape index (κ1) is 88.0. The SMILES string of the molecule is CC.CCCCOOSC.CCCCS(C)(=O)=O.CCCCS(C)(=O)=O.CCCCS(C)(=O)=O.[Cu+2].[Cu+2].c1ccc2c(c1)-c1nc-2nc2[n-]c(nc3nc(nc4[n-]c(n1)c1ccccc41)-c1ccccc1-3)c1ccccc21.c1ccc2c(c1)-c1nc-2nc2[n-]c(nc3nc(nc4[n-]c(n1)c1ccccc41)-c1ccccc1-3)c1ccccc21. The zero-order chi connectivity index (χ0) is 80.5. The van der Waals surface area contributed by atoms with Crippen molar-refractivity contribution in [3.05, 3.63) is 194 Å². The van der Waals surface area contributed by atoms with Crippen LogP contribution in [0.5, 0.6) is 0 Å². The second-order valence-electron chi connectivity index (χ2n) is 26.7. The van der Waals surface area contributed by atoms with E-state index in [1.807, 2.05) is 235 Å². The van der Waals surface area contributed by atoms with E-state index in [0.717, 1.165) is 139 Å². The molecule has 0 aliphatic carbocycles. The minimum atomic E-state index is -2.69. The quantitative estimate of drug-likeness (QED) is 0.0321. The summed E-state index contributed by atoms with van der Waals surface area (Å²) in [4.78, 5) is 83.2. The van der Waals surface area contributed by atoms with Crippen LogP contribution >= 0.6 is 12.0 Å². The standard InChI is InChI=1S/2C32H16N8.4C5H12O2S.C2H6.2Cu/c2*1-2-10-18-17(9-1)25-33-26(18)38-28-21-13-5-6-14-22(21)30(35-28)40-32-24-16-8-7-15-23(24)31(36-32)39-29-20-12-4-3-11-19(20)27(34-29)37-25;3*1-3-4-5-8(2,6)7;1-3-4-5-6-7-8-2;1-2;;/h2*1-16H;4*3-5H2,1-2H3;1-2H3;;/q2*-2;;;;;;2*+2. The second-order valence-corrected chi connectivity index (χ2v) is 33.9. The molecule has 0 atom stereocenters. The molecule has 2 radical (unpaired) electrons. The van der Waals surface area contributed by atoms with Crippen molar-refractivity contribution in [2.45, 2.75) is 92.9 Å². The van der Waals surface area contributed by atoms with Crippen LogP contribution in [0.4, 0.5) is 0 Å². The third-order valence-electron chi connectivity index (χ3n) is 18.0. The average molecular weight is 1730 g/mol. The summed E-state index contributed by atoms with van der Waals surface area (Å²) in [6.07, 6.45) is 13.1. The molecule has 14 aromatic rings. The van der Waals surface area contributed by atoms with Gasteiger partial charge >= 0.3 is 34.1 Å². The van der Waals surface area contributed by atoms with Crippen molar-refractivity contribution in [3.8, 4) is 91.1 Å². The van der Waals surface area contributed by atoms with Gasteiger partial charge in [0.25, 0.3) is 0 Å². The number of aromatic nitrogens is 16. The second kappa shape index (κ2) is 40.5. The van der Waals surface area contributed by atoms with Gasteiger partial charge in [-0.25, -0.2) is 50.1 Å². The van der Waals surface area contributed by atoms with E-state index in [9.17, 15) is 25.3 Å². The van der Waals surface area contributed by atoms with Crippen LogP contribution in [0, 0.1) is 0 Å². The Labute approximate surface area is 699 Å². The molecule has 10 heterocycles. The molecule has 4 aliphatic heterocycles. The first-order chi connectivity index (χ1) is 55.2. The van der Waals surface area contributed by atoms with Gasteiger partial charge in [-0.3, -0.25) is 0 Å². The zero-order valence-electron chi connectivity index (χ0n) is 65.6. The van der Waals surface area contributed by atoms with Crippen molar-refractivity contribution in [1.82, 2.24) is 79.7 Å². The molecule has 0 amide bonds. The van der Waals surface area contributed by atoms with Crippen molar-refractivity contribution in [1.29, 1.82) is 0 Å². The maximum atomic E-state index is 10.4. The van der Waals surface area contributed by atoms with Crippen LogP contribution in [0.1, 0.15) is 92.9 Å². The largest absolute Gasteiger partial charge is 2.00 e. The molecule has 6 aromatic heterocycles. The maximum absolute atomic E-state index is 10.4. The molecular formula is C86H86Cu2N16O8S4. The average Bonchev–Trinajstić information content (AvgIpc) is 1.61. The summed E-state index contributed by atoms with van der Waals surface area (Å²) in [5.74, 6) is 5.43. The molecule has 0 unspecified atom stereocenters. The molecule has 0 saturated carbocycles. The van der Waals surface area contributed by atoms with Crippen LogP contribution in [0.25, 0.3) is 179 Å². The van der Waals surface area contributed by atoms with Gasteiger partial charge in [-0.15, -0.1) is 0 Å². The van der Waals surface area contributed by atoms with Crippen molar-refractivity contribution in [2.75, 3.05) is 48.9 Å². The number of fused-ring (bicyclic) bond motifs is 40. The van der Waals surface area contributed by atoms with Gasteiger partial charge in [0, 0.05) is 144 Å². The topological polar surface area (TPSA) is 332 Å². The van der Waals surface area contributed by atoms with Gasteiger partial charge in [-0.05, 0) is 68.8 Å². The minimum Gasteiger partial charge on any atom is -0.357 e. The summed E-state index contributed by atoms with van der Waals surface area (Å²) in [5.41, 5.74) is 11.6. The van der Waals surface area contributed by atoms with Crippen molar-refractivity contribution in [2.24, 2.45) is 0 Å². The van der Waals surface area contributed by atoms with Crippen LogP contribution < -0.4 is 19.9 Å². The third kappa shape index (κ3) is 21.4. The predicted molar refractivity (Wildman–Crippen MR) is 459 cm³/mol. The third-order valence-corrected chi connectivity index (χ3v) is 21.3. The minimum absolute atomic E-state index is 0. The molecule has 0 spiro atoms. The van der Waals surface area contributed by atoms with Gasteiger partial charge in [-0.2, -0.15) is 4.33 Å². The Morgan fingerprint density at radius 1 is 0.276 bits per heavy atom. The molecule has 18 rings (SSSR count). The molecule has 604 valence electrons. The molecule has 24 nitrogen and oxygen atoms in total. The van der Waals surface area contributed by atoms with E-state index in [2.05, 4.69) is 16.1 Å². The number of hydrogen-bond donors (Lipinski definition) is 0. The normalized spacial score (nSPS) is 11.4. The molecule has 0 N–H and O–H groups in total. The van der Waals surface area contributed by atoms with E-state index in [1.165, 1.54) is 30.8 Å². The number of hydrogen-bond acceptors (Lipinski definition) is 21. The Hall–Kier alpha value is -10.4. The summed E-state index contributed by atoms with van der Waals surface area (Å²) in [7, 11) is -8.06. The fourth-order valence-corrected chi connectivity index (χ4v) is 15.0. The molecule has 0 saturated heterocycles. The Bertz CT molecular complexity index is 5500. The van der Waals surface area contributed by atoms with Gasteiger partial charge in [0.15, 0.2) is 0 Å². The first-order valence-corrected chi connectivity index (χ1v) is 45.1. The predicted octanol–water partition coefficient (Wildman–Crippen LogP) is 17.8. The Kier molecular flexibility index (Phi) is 30.7. The molecule has 16 bridgehead atoms. The number of sulfone groups is 3. The molecule has 4 aliphatic rings. The van der Waals surface area contributed by atoms with E-state index in [1.54, 1.807) is 0 Å². The molecule has 0 fully saturated rings. The van der Waals surface area contributed by atoms with Gasteiger partial charge in [0.2, 0.25) is 0 Å². The first-order valence-electron chi connectivity index (χ1n) is 37.7. The number of benzene rings is 8. The Morgan fingerprint density at radius 2 is 0.440 bits per heavy atom. The summed E-state index contributed by atoms with van der Waals surface area (Å²) >= 11 is 1.23. The number of unbranched alkanes of at least 4 members (excludes halogenated alkanes) is 4. The Morgan fingerprint density at radius 3 is 0.578 bits per heavy atom. The molecule has 116 heavy (non-hydrogen) atoms. The van der Waals surface area contributed by atoms with E-state index in [0.29, 0.717) is 116 Å². The molecule has 30 heteroatoms. The zero-order valence-corrected chi connectivity index (χ0v) is 70.8. The fraction of sp³-hybridized carbons (Fsp3) is 0.256. The number of rotatable bonds is 14. The summed E-state index contributed by atoms with van der Waals surface area (Å²) in [6.45, 7) is 12.8. The van der Waals surface area contributed by atoms with E-state index in [4.69, 9.17) is 79.7 Å². The van der Waals surface area contributed by atoms with E-state index >= 15 is 0 Å². The van der Waals surface area contributed by atoms with Crippen LogP contribution in [0.3, 0.4) is 0 Å². The summed E-state index contributed by atoms with van der Waals surface area (Å²) in [6, 6.07) is 63.7. The number of nitrogens with zero attached hydrogens (tertiary/aromatic N) is 16. The van der Waals surface area contributed by atoms with Crippen LogP contribution in [-0.4, -0.2) is 134 Å². The van der Waals surface area contributed by atoms with Crippen LogP contribution in [0.2, 0.25) is 0 Å². The van der Waals surface area contributed by atoms with Gasteiger partial charge < -0.3 is 59.8 Å². The fourth-order valence-electron chi connectivity index (χ4n) is 12.4. The van der Waals surface area contributed by atoms with E-state index < -0.39 is 29.5 Å². The smallest absolute Gasteiger partial charge is 0.357 e. The van der Waals surface area contributed by atoms with Crippen LogP contribution in [0.15, 0.2) is 194 Å². The van der Waals surface area contributed by atoms with Gasteiger partial charge in [0.1, 0.15) is 29.5 Å².